The SMILES string of the molecule is Cc1nscc1C(=O)Nc1cnc(-c2cc3c(cc2Cl)OC(F)(F)O3)cn1. The second-order valence-corrected chi connectivity index (χ2v) is 6.54. The first-order chi connectivity index (χ1) is 12.8. The number of ether oxygens (including phenoxy) is 2. The number of carbonyl (C=O) groups is 1. The Balaban J connectivity index is 1.57. The molecule has 1 aromatic carbocycles. The number of hydrogen-bond donors (Lipinski definition) is 1. The van der Waals surface area contributed by atoms with Gasteiger partial charge >= 0.3 is 6.29 Å². The number of nitrogens with zero attached hydrogens (tertiary/aromatic N) is 3. The number of aromatic nitrogens is 3. The number of anilines is 1. The van der Waals surface area contributed by atoms with Gasteiger partial charge in [-0.1, -0.05) is 11.6 Å². The van der Waals surface area contributed by atoms with E-state index in [1.165, 1.54) is 36.1 Å². The summed E-state index contributed by atoms with van der Waals surface area (Å²) >= 11 is 7.30. The molecule has 0 atom stereocenters. The minimum Gasteiger partial charge on any atom is -0.395 e. The van der Waals surface area contributed by atoms with Crippen LogP contribution in [0.15, 0.2) is 29.9 Å². The molecule has 0 saturated carbocycles. The molecule has 27 heavy (non-hydrogen) atoms. The van der Waals surface area contributed by atoms with Gasteiger partial charge in [-0.3, -0.25) is 9.78 Å². The zero-order valence-electron chi connectivity index (χ0n) is 13.5. The highest BCUT2D eigenvalue weighted by Crippen LogP contribution is 2.45. The van der Waals surface area contributed by atoms with Crippen LogP contribution in [0, 0.1) is 6.92 Å². The molecule has 3 aromatic rings. The molecule has 0 saturated heterocycles. The van der Waals surface area contributed by atoms with E-state index in [-0.39, 0.29) is 28.2 Å². The van der Waals surface area contributed by atoms with Crippen LogP contribution >= 0.6 is 23.1 Å². The van der Waals surface area contributed by atoms with E-state index >= 15 is 0 Å². The summed E-state index contributed by atoms with van der Waals surface area (Å²) in [6.45, 7) is 1.73. The molecule has 1 aliphatic heterocycles. The number of aryl methyl sites for hydroxylation is 1. The summed E-state index contributed by atoms with van der Waals surface area (Å²) in [4.78, 5) is 20.4. The van der Waals surface area contributed by atoms with Crippen LogP contribution in [0.3, 0.4) is 0 Å². The summed E-state index contributed by atoms with van der Waals surface area (Å²) in [7, 11) is 0. The lowest BCUT2D eigenvalue weighted by atomic mass is 10.1. The third-order valence-electron chi connectivity index (χ3n) is 3.65. The number of alkyl halides is 2. The van der Waals surface area contributed by atoms with Crippen molar-refractivity contribution in [2.24, 2.45) is 0 Å². The molecule has 1 amide bonds. The van der Waals surface area contributed by atoms with E-state index in [9.17, 15) is 13.6 Å². The molecule has 138 valence electrons. The van der Waals surface area contributed by atoms with Gasteiger partial charge in [0.15, 0.2) is 17.3 Å². The van der Waals surface area contributed by atoms with Crippen LogP contribution in [0.1, 0.15) is 16.1 Å². The highest BCUT2D eigenvalue weighted by atomic mass is 35.5. The van der Waals surface area contributed by atoms with Gasteiger partial charge < -0.3 is 14.8 Å². The van der Waals surface area contributed by atoms with Gasteiger partial charge in [0, 0.05) is 17.0 Å². The van der Waals surface area contributed by atoms with Crippen LogP contribution in [0.25, 0.3) is 11.3 Å². The van der Waals surface area contributed by atoms with Gasteiger partial charge in [0.1, 0.15) is 0 Å². The standard InChI is InChI=1S/C16H9ClF2N4O3S/c1-7-9(6-27-23-7)15(24)22-14-5-20-11(4-21-14)8-2-12-13(3-10(8)17)26-16(18,19)25-12/h2-6H,1H3,(H,21,22,24). The maximum absolute atomic E-state index is 13.2. The normalized spacial score (nSPS) is 14.2. The lowest BCUT2D eigenvalue weighted by Gasteiger charge is -2.07. The summed E-state index contributed by atoms with van der Waals surface area (Å²) in [6, 6.07) is 2.51. The molecule has 3 heterocycles. The molecule has 7 nitrogen and oxygen atoms in total. The zero-order chi connectivity index (χ0) is 19.2. The molecule has 11 heteroatoms. The minimum atomic E-state index is -3.74. The molecule has 0 bridgehead atoms. The minimum absolute atomic E-state index is 0.140. The number of carbonyl (C=O) groups excluding carboxylic acids is 1. The van der Waals surface area contributed by atoms with Crippen LogP contribution in [-0.2, 0) is 0 Å². The molecule has 4 rings (SSSR count). The van der Waals surface area contributed by atoms with Crippen molar-refractivity contribution in [2.45, 2.75) is 13.2 Å². The first kappa shape index (κ1) is 17.6. The van der Waals surface area contributed by atoms with Crippen molar-refractivity contribution in [3.8, 4) is 22.8 Å². The van der Waals surface area contributed by atoms with Gasteiger partial charge in [-0.25, -0.2) is 4.98 Å². The average molecular weight is 411 g/mol. The van der Waals surface area contributed by atoms with E-state index in [1.807, 2.05) is 0 Å². The van der Waals surface area contributed by atoms with Gasteiger partial charge in [-0.15, -0.1) is 8.78 Å². The quantitative estimate of drug-likeness (QED) is 0.698. The van der Waals surface area contributed by atoms with E-state index in [4.69, 9.17) is 11.6 Å². The second-order valence-electron chi connectivity index (χ2n) is 5.50. The maximum atomic E-state index is 13.2. The molecule has 0 aliphatic carbocycles. The van der Waals surface area contributed by atoms with Crippen LogP contribution in [0.4, 0.5) is 14.6 Å². The van der Waals surface area contributed by atoms with Crippen molar-refractivity contribution in [2.75, 3.05) is 5.32 Å². The molecule has 0 fully saturated rings. The van der Waals surface area contributed by atoms with Crippen molar-refractivity contribution >= 4 is 34.9 Å². The number of rotatable bonds is 3. The van der Waals surface area contributed by atoms with Crippen LogP contribution in [0.5, 0.6) is 11.5 Å². The van der Waals surface area contributed by atoms with Crippen LogP contribution in [0.2, 0.25) is 5.02 Å². The molecule has 0 spiro atoms. The predicted octanol–water partition coefficient (Wildman–Crippen LogP) is 4.14. The van der Waals surface area contributed by atoms with Gasteiger partial charge in [-0.2, -0.15) is 4.37 Å². The Kier molecular flexibility index (Phi) is 4.16. The summed E-state index contributed by atoms with van der Waals surface area (Å²) in [5.74, 6) is -0.450. The van der Waals surface area contributed by atoms with Crippen molar-refractivity contribution in [1.82, 2.24) is 14.3 Å². The molecule has 0 unspecified atom stereocenters. The summed E-state index contributed by atoms with van der Waals surface area (Å²) in [5, 5.41) is 4.38. The molecule has 1 N–H and O–H groups in total. The lowest BCUT2D eigenvalue weighted by molar-refractivity contribution is -0.286. The Bertz CT molecular complexity index is 1040. The number of nitrogens with one attached hydrogen (secondary N) is 1. The number of amides is 1. The van der Waals surface area contributed by atoms with Crippen molar-refractivity contribution < 1.29 is 23.0 Å². The van der Waals surface area contributed by atoms with Crippen LogP contribution < -0.4 is 14.8 Å². The molecular weight excluding hydrogens is 402 g/mol. The average Bonchev–Trinajstić information content (AvgIpc) is 3.16. The van der Waals surface area contributed by atoms with Crippen molar-refractivity contribution in [3.05, 3.63) is 46.2 Å². The predicted molar refractivity (Wildman–Crippen MR) is 93.5 cm³/mol. The van der Waals surface area contributed by atoms with Crippen LogP contribution in [-0.4, -0.2) is 26.5 Å². The summed E-state index contributed by atoms with van der Waals surface area (Å²) in [6.07, 6.45) is -1.05. The third-order valence-corrected chi connectivity index (χ3v) is 4.69. The van der Waals surface area contributed by atoms with E-state index in [0.717, 1.165) is 0 Å². The second kappa shape index (κ2) is 6.39. The number of halogens is 3. The Morgan fingerprint density at radius 3 is 2.59 bits per heavy atom. The van der Waals surface area contributed by atoms with Gasteiger partial charge in [0.2, 0.25) is 0 Å². The smallest absolute Gasteiger partial charge is 0.395 e. The summed E-state index contributed by atoms with van der Waals surface area (Å²) in [5.41, 5.74) is 1.71. The summed E-state index contributed by atoms with van der Waals surface area (Å²) < 4.78 is 39.1. The van der Waals surface area contributed by atoms with E-state index in [1.54, 1.807) is 12.3 Å². The van der Waals surface area contributed by atoms with Gasteiger partial charge in [0.05, 0.1) is 34.4 Å². The molecule has 1 aliphatic rings. The molecule has 0 radical (unpaired) electrons. The number of fused-ring (bicyclic) bond motifs is 1. The molecular formula is C16H9ClF2N4O3S. The molecule has 2 aromatic heterocycles. The van der Waals surface area contributed by atoms with E-state index in [2.05, 4.69) is 29.1 Å². The Morgan fingerprint density at radius 2 is 1.96 bits per heavy atom. The maximum Gasteiger partial charge on any atom is 0.586 e. The number of benzene rings is 1. The fourth-order valence-electron chi connectivity index (χ4n) is 2.39. The number of hydrogen-bond acceptors (Lipinski definition) is 7. The highest BCUT2D eigenvalue weighted by molar-refractivity contribution is 7.04. The third kappa shape index (κ3) is 3.40. The fourth-order valence-corrected chi connectivity index (χ4v) is 3.34. The Labute approximate surface area is 160 Å². The van der Waals surface area contributed by atoms with Gasteiger partial charge in [0.25, 0.3) is 5.91 Å². The first-order valence-corrected chi connectivity index (χ1v) is 8.68. The largest absolute Gasteiger partial charge is 0.586 e. The van der Waals surface area contributed by atoms with Crippen molar-refractivity contribution in [1.29, 1.82) is 0 Å². The topological polar surface area (TPSA) is 86.2 Å². The highest BCUT2D eigenvalue weighted by Gasteiger charge is 2.43. The van der Waals surface area contributed by atoms with Gasteiger partial charge in [-0.05, 0) is 24.5 Å². The monoisotopic (exact) mass is 410 g/mol. The zero-order valence-corrected chi connectivity index (χ0v) is 15.1. The van der Waals surface area contributed by atoms with Crippen molar-refractivity contribution in [3.63, 3.8) is 0 Å². The first-order valence-electron chi connectivity index (χ1n) is 7.46. The fraction of sp³-hybridized carbons (Fsp3) is 0.125. The lowest BCUT2D eigenvalue weighted by Crippen LogP contribution is -2.25. The Morgan fingerprint density at radius 1 is 1.22 bits per heavy atom. The Hall–Kier alpha value is -2.85. The van der Waals surface area contributed by atoms with E-state index < -0.39 is 6.29 Å². The van der Waals surface area contributed by atoms with E-state index in [0.29, 0.717) is 22.5 Å².